The molecule has 1 aliphatic heterocycles. The Labute approximate surface area is 86.4 Å². The minimum absolute atomic E-state index is 0.142. The molecular weight excluding hydrogens is 206 g/mol. The molecule has 1 N–H and O–H groups in total. The Hall–Kier alpha value is -0.160. The summed E-state index contributed by atoms with van der Waals surface area (Å²) >= 11 is 2.66. The van der Waals surface area contributed by atoms with Gasteiger partial charge in [-0.3, -0.25) is 14.9 Å². The average Bonchev–Trinajstić information content (AvgIpc) is 2.39. The molecule has 0 bridgehead atoms. The van der Waals surface area contributed by atoms with Crippen LogP contribution in [0.15, 0.2) is 0 Å². The van der Waals surface area contributed by atoms with Crippen molar-refractivity contribution in [3.8, 4) is 0 Å². The van der Waals surface area contributed by atoms with E-state index in [0.29, 0.717) is 0 Å². The lowest BCUT2D eigenvalue weighted by atomic mass is 10.3. The van der Waals surface area contributed by atoms with E-state index in [1.165, 1.54) is 12.8 Å². The third kappa shape index (κ3) is 3.60. The molecule has 0 aromatic rings. The highest BCUT2D eigenvalue weighted by Gasteiger charge is 2.31. The lowest BCUT2D eigenvalue weighted by Gasteiger charge is -2.03. The molecule has 1 heterocycles. The van der Waals surface area contributed by atoms with Gasteiger partial charge in [-0.1, -0.05) is 19.8 Å². The predicted molar refractivity (Wildman–Crippen MR) is 56.9 cm³/mol. The van der Waals surface area contributed by atoms with Crippen LogP contribution < -0.4 is 5.32 Å². The third-order valence-electron chi connectivity index (χ3n) is 1.67. The number of imide groups is 1. The summed E-state index contributed by atoms with van der Waals surface area (Å²) < 4.78 is -0.204. The van der Waals surface area contributed by atoms with E-state index < -0.39 is 0 Å². The normalized spacial score (nSPS) is 22.1. The molecule has 1 aliphatic rings. The van der Waals surface area contributed by atoms with Crippen LogP contribution in [0.1, 0.15) is 26.2 Å². The molecule has 0 aromatic heterocycles. The summed E-state index contributed by atoms with van der Waals surface area (Å²) in [5.74, 6) is 0.822. The van der Waals surface area contributed by atoms with Crippen LogP contribution in [0, 0.1) is 0 Å². The summed E-state index contributed by atoms with van der Waals surface area (Å²) in [6, 6.07) is 0. The first-order chi connectivity index (χ1) is 6.24. The van der Waals surface area contributed by atoms with E-state index in [2.05, 4.69) is 12.2 Å². The standard InChI is InChI=1S/C8H13NO2S2/c1-2-3-4-5-12-7-6(10)9-8(11)13-7/h7H,2-5H2,1H3,(H,9,10,11). The molecule has 0 spiro atoms. The molecule has 0 aliphatic carbocycles. The van der Waals surface area contributed by atoms with Crippen LogP contribution in [0.25, 0.3) is 0 Å². The van der Waals surface area contributed by atoms with Gasteiger partial charge in [0.05, 0.1) is 0 Å². The fourth-order valence-corrected chi connectivity index (χ4v) is 3.13. The van der Waals surface area contributed by atoms with Gasteiger partial charge in [-0.05, 0) is 23.9 Å². The molecule has 74 valence electrons. The SMILES string of the molecule is CCCCCSC1SC(=O)NC1=O. The molecular formula is C8H13NO2S2. The van der Waals surface area contributed by atoms with Gasteiger partial charge in [0, 0.05) is 0 Å². The van der Waals surface area contributed by atoms with Crippen molar-refractivity contribution in [1.82, 2.24) is 5.32 Å². The van der Waals surface area contributed by atoms with Gasteiger partial charge in [0.25, 0.3) is 11.1 Å². The molecule has 0 radical (unpaired) electrons. The maximum atomic E-state index is 11.1. The van der Waals surface area contributed by atoms with Crippen LogP contribution in [-0.2, 0) is 4.79 Å². The molecule has 2 amide bonds. The van der Waals surface area contributed by atoms with Crippen LogP contribution in [0.5, 0.6) is 0 Å². The lowest BCUT2D eigenvalue weighted by molar-refractivity contribution is -0.117. The number of thioether (sulfide) groups is 2. The number of amides is 2. The number of hydrogen-bond donors (Lipinski definition) is 1. The minimum Gasteiger partial charge on any atom is -0.285 e. The van der Waals surface area contributed by atoms with E-state index in [9.17, 15) is 9.59 Å². The monoisotopic (exact) mass is 219 g/mol. The Morgan fingerprint density at radius 2 is 2.23 bits per heavy atom. The molecule has 1 atom stereocenters. The second-order valence-corrected chi connectivity index (χ2v) is 5.39. The van der Waals surface area contributed by atoms with E-state index in [0.717, 1.165) is 23.9 Å². The molecule has 0 aromatic carbocycles. The Balaban J connectivity index is 2.14. The maximum absolute atomic E-state index is 11.1. The fraction of sp³-hybridized carbons (Fsp3) is 0.750. The highest BCUT2D eigenvalue weighted by atomic mass is 32.2. The number of carbonyl (C=O) groups is 2. The van der Waals surface area contributed by atoms with E-state index in [4.69, 9.17) is 0 Å². The first-order valence-electron chi connectivity index (χ1n) is 4.37. The summed E-state index contributed by atoms with van der Waals surface area (Å²) in [7, 11) is 0. The topological polar surface area (TPSA) is 46.2 Å². The number of unbranched alkanes of at least 4 members (excludes halogenated alkanes) is 2. The smallest absolute Gasteiger partial charge is 0.285 e. The van der Waals surface area contributed by atoms with E-state index in [1.807, 2.05) is 0 Å². The summed E-state index contributed by atoms with van der Waals surface area (Å²) in [5.41, 5.74) is 0. The molecule has 1 saturated heterocycles. The van der Waals surface area contributed by atoms with Crippen molar-refractivity contribution in [3.63, 3.8) is 0 Å². The zero-order valence-corrected chi connectivity index (χ0v) is 9.17. The first-order valence-corrected chi connectivity index (χ1v) is 6.30. The van der Waals surface area contributed by atoms with Crippen molar-refractivity contribution >= 4 is 34.7 Å². The molecule has 3 nitrogen and oxygen atoms in total. The zero-order valence-electron chi connectivity index (χ0n) is 7.54. The fourth-order valence-electron chi connectivity index (χ4n) is 0.992. The summed E-state index contributed by atoms with van der Waals surface area (Å²) in [6.45, 7) is 2.14. The summed E-state index contributed by atoms with van der Waals surface area (Å²) in [6.07, 6.45) is 3.50. The molecule has 1 fully saturated rings. The number of carbonyl (C=O) groups excluding carboxylic acids is 2. The summed E-state index contributed by atoms with van der Waals surface area (Å²) in [5, 5.41) is 2.06. The highest BCUT2D eigenvalue weighted by Crippen LogP contribution is 2.29. The second kappa shape index (κ2) is 5.54. The Bertz CT molecular complexity index is 208. The van der Waals surface area contributed by atoms with Gasteiger partial charge in [-0.15, -0.1) is 11.8 Å². The maximum Gasteiger partial charge on any atom is 0.287 e. The Morgan fingerprint density at radius 1 is 1.46 bits per heavy atom. The van der Waals surface area contributed by atoms with Gasteiger partial charge in [-0.25, -0.2) is 0 Å². The van der Waals surface area contributed by atoms with Crippen molar-refractivity contribution in [1.29, 1.82) is 0 Å². The highest BCUT2D eigenvalue weighted by molar-refractivity contribution is 8.26. The first kappa shape index (κ1) is 10.9. The average molecular weight is 219 g/mol. The minimum atomic E-state index is -0.210. The van der Waals surface area contributed by atoms with E-state index >= 15 is 0 Å². The number of hydrogen-bond acceptors (Lipinski definition) is 4. The lowest BCUT2D eigenvalue weighted by Crippen LogP contribution is -2.22. The van der Waals surface area contributed by atoms with Gasteiger partial charge >= 0.3 is 0 Å². The van der Waals surface area contributed by atoms with Gasteiger partial charge < -0.3 is 0 Å². The number of nitrogens with one attached hydrogen (secondary N) is 1. The van der Waals surface area contributed by atoms with Gasteiger partial charge in [0.15, 0.2) is 0 Å². The van der Waals surface area contributed by atoms with Gasteiger partial charge in [-0.2, -0.15) is 0 Å². The van der Waals surface area contributed by atoms with Crippen LogP contribution in [-0.4, -0.2) is 21.5 Å². The Morgan fingerprint density at radius 3 is 2.77 bits per heavy atom. The molecule has 0 saturated carbocycles. The third-order valence-corrected chi connectivity index (χ3v) is 4.15. The van der Waals surface area contributed by atoms with Gasteiger partial charge in [0.1, 0.15) is 4.58 Å². The van der Waals surface area contributed by atoms with E-state index in [-0.39, 0.29) is 15.7 Å². The summed E-state index contributed by atoms with van der Waals surface area (Å²) in [4.78, 5) is 21.8. The van der Waals surface area contributed by atoms with Crippen molar-refractivity contribution in [2.75, 3.05) is 5.75 Å². The van der Waals surface area contributed by atoms with E-state index in [1.54, 1.807) is 11.8 Å². The van der Waals surface area contributed by atoms with Crippen molar-refractivity contribution in [2.24, 2.45) is 0 Å². The predicted octanol–water partition coefficient (Wildman–Crippen LogP) is 2.22. The van der Waals surface area contributed by atoms with Crippen LogP contribution >= 0.6 is 23.5 Å². The van der Waals surface area contributed by atoms with Crippen LogP contribution in [0.4, 0.5) is 4.79 Å². The van der Waals surface area contributed by atoms with Gasteiger partial charge in [0.2, 0.25) is 0 Å². The molecule has 13 heavy (non-hydrogen) atoms. The van der Waals surface area contributed by atoms with Crippen LogP contribution in [0.2, 0.25) is 0 Å². The van der Waals surface area contributed by atoms with Crippen LogP contribution in [0.3, 0.4) is 0 Å². The Kier molecular flexibility index (Phi) is 4.66. The molecule has 1 rings (SSSR count). The quantitative estimate of drug-likeness (QED) is 0.720. The largest absolute Gasteiger partial charge is 0.287 e. The van der Waals surface area contributed by atoms with Crippen molar-refractivity contribution in [2.45, 2.75) is 30.8 Å². The van der Waals surface area contributed by atoms with Crippen molar-refractivity contribution < 1.29 is 9.59 Å². The zero-order chi connectivity index (χ0) is 9.68. The number of rotatable bonds is 5. The molecule has 5 heteroatoms. The molecule has 1 unspecified atom stereocenters. The second-order valence-electron chi connectivity index (χ2n) is 2.80. The van der Waals surface area contributed by atoms with Crippen molar-refractivity contribution in [3.05, 3.63) is 0 Å².